The summed E-state index contributed by atoms with van der Waals surface area (Å²) in [5.41, 5.74) is -1.23. The van der Waals surface area contributed by atoms with Crippen LogP contribution in [-0.4, -0.2) is 71.3 Å². The number of carbonyl (C=O) groups is 5. The van der Waals surface area contributed by atoms with Crippen LogP contribution in [0.1, 0.15) is 84.6 Å². The molecule has 1 aliphatic carbocycles. The number of amides is 4. The maximum atomic E-state index is 13.7. The normalized spacial score (nSPS) is 31.8. The largest absolute Gasteiger partial charge is 0.448 e. The van der Waals surface area contributed by atoms with Crippen molar-refractivity contribution in [1.82, 2.24) is 20.9 Å². The number of carbonyl (C=O) groups excluding carboxylic acids is 5. The van der Waals surface area contributed by atoms with Gasteiger partial charge in [0.05, 0.1) is 11.5 Å². The van der Waals surface area contributed by atoms with E-state index < -0.39 is 34.6 Å². The molecule has 4 aliphatic rings. The lowest BCUT2D eigenvalue weighted by Crippen LogP contribution is -2.57. The summed E-state index contributed by atoms with van der Waals surface area (Å²) < 4.78 is 5.71. The van der Waals surface area contributed by atoms with Gasteiger partial charge in [0, 0.05) is 23.7 Å². The van der Waals surface area contributed by atoms with Crippen LogP contribution in [-0.2, 0) is 35.3 Å². The summed E-state index contributed by atoms with van der Waals surface area (Å²) in [6.45, 7) is 7.66. The Labute approximate surface area is 253 Å². The van der Waals surface area contributed by atoms with Crippen LogP contribution in [0.2, 0.25) is 0 Å². The van der Waals surface area contributed by atoms with Gasteiger partial charge in [-0.3, -0.25) is 24.0 Å². The zero-order valence-corrected chi connectivity index (χ0v) is 25.9. The van der Waals surface area contributed by atoms with E-state index in [0.29, 0.717) is 31.4 Å². The van der Waals surface area contributed by atoms with Gasteiger partial charge in [0.1, 0.15) is 12.1 Å². The minimum absolute atomic E-state index is 0.0195. The topological polar surface area (TPSA) is 146 Å². The average molecular weight is 596 g/mol. The highest BCUT2D eigenvalue weighted by Crippen LogP contribution is 2.65. The minimum atomic E-state index is -1.22. The van der Waals surface area contributed by atoms with Crippen molar-refractivity contribution in [2.75, 3.05) is 12.4 Å². The lowest BCUT2D eigenvalue weighted by atomic mass is 9.66. The second-order valence-corrected chi connectivity index (χ2v) is 13.4. The maximum absolute atomic E-state index is 13.7. The first-order chi connectivity index (χ1) is 20.3. The molecule has 6 atom stereocenters. The summed E-state index contributed by atoms with van der Waals surface area (Å²) in [5, 5.41) is 11.7. The number of esters is 1. The molecule has 1 saturated carbocycles. The van der Waals surface area contributed by atoms with Gasteiger partial charge in [0.15, 0.2) is 5.60 Å². The Kier molecular flexibility index (Phi) is 8.32. The van der Waals surface area contributed by atoms with Gasteiger partial charge in [-0.1, -0.05) is 38.8 Å². The third kappa shape index (κ3) is 5.19. The van der Waals surface area contributed by atoms with Gasteiger partial charge in [0.25, 0.3) is 5.91 Å². The average Bonchev–Trinajstić information content (AvgIpc) is 3.53. The number of ether oxygens (including phenoxy) is 1. The monoisotopic (exact) mass is 595 g/mol. The summed E-state index contributed by atoms with van der Waals surface area (Å²) in [7, 11) is 1.70. The number of rotatable bonds is 8. The quantitative estimate of drug-likeness (QED) is 0.338. The first-order valence-corrected chi connectivity index (χ1v) is 15.6. The van der Waals surface area contributed by atoms with Crippen LogP contribution in [0, 0.1) is 10.8 Å². The molecule has 11 nitrogen and oxygen atoms in total. The summed E-state index contributed by atoms with van der Waals surface area (Å²) in [5.74, 6) is -1.33. The lowest BCUT2D eigenvalue weighted by Gasteiger charge is -2.35. The molecule has 234 valence electrons. The van der Waals surface area contributed by atoms with E-state index >= 15 is 0 Å². The van der Waals surface area contributed by atoms with Crippen LogP contribution in [0.3, 0.4) is 0 Å². The SMILES string of the molecule is CN[C@@H](C)C(=O)N[C@H]1CCCC[C@H]2CC[C@@H](C(=O)NCc3cccc(NC(=O)C45CCC(C)(C(=O)O4)C5(C)C)c3)N2C1=O. The molecule has 2 unspecified atom stereocenters. The van der Waals surface area contributed by atoms with Gasteiger partial charge in [0.2, 0.25) is 17.7 Å². The van der Waals surface area contributed by atoms with Gasteiger partial charge in [-0.25, -0.2) is 0 Å². The van der Waals surface area contributed by atoms with E-state index in [0.717, 1.165) is 31.2 Å². The van der Waals surface area contributed by atoms with Crippen LogP contribution in [0.4, 0.5) is 5.69 Å². The van der Waals surface area contributed by atoms with Crippen LogP contribution >= 0.6 is 0 Å². The number of hydrogen-bond donors (Lipinski definition) is 4. The number of hydrogen-bond acceptors (Lipinski definition) is 7. The van der Waals surface area contributed by atoms with Crippen LogP contribution in [0.5, 0.6) is 0 Å². The van der Waals surface area contributed by atoms with Gasteiger partial charge in [-0.15, -0.1) is 0 Å². The van der Waals surface area contributed by atoms with Crippen LogP contribution in [0.25, 0.3) is 0 Å². The second-order valence-electron chi connectivity index (χ2n) is 13.4. The number of fused-ring (bicyclic) bond motifs is 3. The molecule has 3 heterocycles. The smallest absolute Gasteiger partial charge is 0.313 e. The number of nitrogens with one attached hydrogen (secondary N) is 4. The van der Waals surface area contributed by atoms with Gasteiger partial charge in [-0.05, 0) is 77.1 Å². The summed E-state index contributed by atoms with van der Waals surface area (Å²) in [6.07, 6.45) is 5.57. The van der Waals surface area contributed by atoms with Crippen molar-refractivity contribution in [3.05, 3.63) is 29.8 Å². The molecule has 1 aromatic rings. The fourth-order valence-corrected chi connectivity index (χ4v) is 7.40. The van der Waals surface area contributed by atoms with Crippen molar-refractivity contribution >= 4 is 35.3 Å². The highest BCUT2D eigenvalue weighted by atomic mass is 16.6. The van der Waals surface area contributed by atoms with E-state index in [9.17, 15) is 24.0 Å². The van der Waals surface area contributed by atoms with E-state index in [1.165, 1.54) is 0 Å². The van der Waals surface area contributed by atoms with Crippen LogP contribution < -0.4 is 21.3 Å². The molecule has 0 radical (unpaired) electrons. The molecule has 43 heavy (non-hydrogen) atoms. The molecule has 5 rings (SSSR count). The number of likely N-dealkylation sites (N-methyl/N-ethyl adjacent to an activating group) is 1. The predicted octanol–water partition coefficient (Wildman–Crippen LogP) is 2.39. The van der Waals surface area contributed by atoms with Gasteiger partial charge in [-0.2, -0.15) is 0 Å². The number of benzene rings is 1. The molecule has 2 bridgehead atoms. The summed E-state index contributed by atoms with van der Waals surface area (Å²) in [6, 6.07) is 5.51. The first-order valence-electron chi connectivity index (χ1n) is 15.6. The fourth-order valence-electron chi connectivity index (χ4n) is 7.40. The standard InChI is InChI=1S/C32H45N5O6/c1-19(33-5)25(38)36-23-12-7-6-11-22-13-14-24(37(22)27(23)40)26(39)34-18-20-9-8-10-21(17-20)35-28(41)32-16-15-31(4,29(42)43-32)30(32,2)3/h8-10,17,19,22-24,33H,6-7,11-16,18H2,1-5H3,(H,34,39)(H,35,41)(H,36,38)/t19-,22-,23-,24-,31?,32?/m0/s1. The molecule has 0 spiro atoms. The number of nitrogens with zero attached hydrogens (tertiary/aromatic N) is 1. The van der Waals surface area contributed by atoms with Gasteiger partial charge < -0.3 is 30.9 Å². The van der Waals surface area contributed by atoms with Crippen molar-refractivity contribution in [3.63, 3.8) is 0 Å². The minimum Gasteiger partial charge on any atom is -0.448 e. The van der Waals surface area contributed by atoms with Crippen LogP contribution in [0.15, 0.2) is 24.3 Å². The molecule has 0 aromatic heterocycles. The molecule has 11 heteroatoms. The Balaban J connectivity index is 1.23. The van der Waals surface area contributed by atoms with E-state index in [-0.39, 0.29) is 42.2 Å². The van der Waals surface area contributed by atoms with E-state index in [1.807, 2.05) is 26.8 Å². The van der Waals surface area contributed by atoms with E-state index in [1.54, 1.807) is 37.1 Å². The maximum Gasteiger partial charge on any atom is 0.313 e. The Morgan fingerprint density at radius 3 is 2.47 bits per heavy atom. The van der Waals surface area contributed by atoms with Crippen molar-refractivity contribution in [2.24, 2.45) is 10.8 Å². The molecule has 3 saturated heterocycles. The van der Waals surface area contributed by atoms with Gasteiger partial charge >= 0.3 is 5.97 Å². The Hall–Kier alpha value is -3.47. The number of anilines is 1. The van der Waals surface area contributed by atoms with Crippen molar-refractivity contribution < 1.29 is 28.7 Å². The Morgan fingerprint density at radius 1 is 1.05 bits per heavy atom. The van der Waals surface area contributed by atoms with Crippen molar-refractivity contribution in [1.29, 1.82) is 0 Å². The zero-order valence-electron chi connectivity index (χ0n) is 25.9. The molecule has 4 N–H and O–H groups in total. The molecular weight excluding hydrogens is 550 g/mol. The first kappa shape index (κ1) is 31.0. The highest BCUT2D eigenvalue weighted by Gasteiger charge is 2.75. The molecule has 4 fully saturated rings. The second kappa shape index (κ2) is 11.6. The molecular formula is C32H45N5O6. The fraction of sp³-hybridized carbons (Fsp3) is 0.656. The third-order valence-electron chi connectivity index (χ3n) is 10.9. The Bertz CT molecular complexity index is 1310. The lowest BCUT2D eigenvalue weighted by molar-refractivity contribution is -0.165. The highest BCUT2D eigenvalue weighted by molar-refractivity contribution is 6.03. The van der Waals surface area contributed by atoms with Crippen molar-refractivity contribution in [2.45, 2.75) is 115 Å². The molecule has 4 amide bonds. The van der Waals surface area contributed by atoms with E-state index in [2.05, 4.69) is 21.3 Å². The van der Waals surface area contributed by atoms with Crippen molar-refractivity contribution in [3.8, 4) is 0 Å². The third-order valence-corrected chi connectivity index (χ3v) is 10.9. The predicted molar refractivity (Wildman–Crippen MR) is 159 cm³/mol. The van der Waals surface area contributed by atoms with E-state index in [4.69, 9.17) is 4.74 Å². The molecule has 1 aromatic carbocycles. The summed E-state index contributed by atoms with van der Waals surface area (Å²) in [4.78, 5) is 67.4. The zero-order chi connectivity index (χ0) is 31.2. The summed E-state index contributed by atoms with van der Waals surface area (Å²) >= 11 is 0. The Morgan fingerprint density at radius 2 is 1.79 bits per heavy atom. The molecule has 3 aliphatic heterocycles.